The van der Waals surface area contributed by atoms with Crippen LogP contribution in [-0.4, -0.2) is 42.8 Å². The third-order valence-electron chi connectivity index (χ3n) is 5.37. The van der Waals surface area contributed by atoms with Gasteiger partial charge in [0.15, 0.2) is 0 Å². The van der Waals surface area contributed by atoms with E-state index in [1.807, 2.05) is 31.2 Å². The molecule has 1 atom stereocenters. The molecule has 2 aromatic rings. The quantitative estimate of drug-likeness (QED) is 0.683. The zero-order valence-electron chi connectivity index (χ0n) is 16.5. The molecule has 1 aromatic heterocycles. The van der Waals surface area contributed by atoms with Crippen LogP contribution in [0.2, 0.25) is 0 Å². The van der Waals surface area contributed by atoms with Crippen LogP contribution in [0.25, 0.3) is 0 Å². The lowest BCUT2D eigenvalue weighted by Gasteiger charge is -2.29. The Morgan fingerprint density at radius 1 is 1.18 bits per heavy atom. The van der Waals surface area contributed by atoms with Gasteiger partial charge in [-0.05, 0) is 43.5 Å². The number of benzene rings is 1. The highest BCUT2D eigenvalue weighted by atomic mass is 32.1. The number of amides is 1. The lowest BCUT2D eigenvalue weighted by Crippen LogP contribution is -3.12. The Hall–Kier alpha value is -2.44. The summed E-state index contributed by atoms with van der Waals surface area (Å²) in [5.41, 5.74) is 1.97. The van der Waals surface area contributed by atoms with E-state index in [-0.39, 0.29) is 11.4 Å². The van der Waals surface area contributed by atoms with Gasteiger partial charge in [0, 0.05) is 5.57 Å². The van der Waals surface area contributed by atoms with Gasteiger partial charge in [0.05, 0.1) is 37.1 Å². The predicted octanol–water partition coefficient (Wildman–Crippen LogP) is 1.36. The summed E-state index contributed by atoms with van der Waals surface area (Å²) in [6, 6.07) is 10.6. The number of likely N-dealkylation sites (N-methyl/N-ethyl adjacent to an activating group) is 1. The fraction of sp³-hybridized carbons (Fsp3) is 0.364. The van der Waals surface area contributed by atoms with Gasteiger partial charge >= 0.3 is 0 Å². The van der Waals surface area contributed by atoms with Crippen molar-refractivity contribution < 1.29 is 19.6 Å². The van der Waals surface area contributed by atoms with Crippen LogP contribution in [0.5, 0.6) is 0 Å². The van der Waals surface area contributed by atoms with Crippen molar-refractivity contribution in [3.05, 3.63) is 69.1 Å². The highest BCUT2D eigenvalue weighted by Crippen LogP contribution is 2.38. The van der Waals surface area contributed by atoms with Crippen molar-refractivity contribution >= 4 is 23.0 Å². The molecule has 0 fully saturated rings. The van der Waals surface area contributed by atoms with Crippen molar-refractivity contribution in [3.8, 4) is 0 Å². The Balaban J connectivity index is 1.99. The third-order valence-corrected chi connectivity index (χ3v) is 6.24. The molecule has 0 bridgehead atoms. The van der Waals surface area contributed by atoms with E-state index in [4.69, 9.17) is 0 Å². The Labute approximate surface area is 169 Å². The van der Waals surface area contributed by atoms with Crippen molar-refractivity contribution in [3.63, 3.8) is 0 Å². The monoisotopic (exact) mass is 398 g/mol. The van der Waals surface area contributed by atoms with Crippen LogP contribution < -0.4 is 10.0 Å². The van der Waals surface area contributed by atoms with Gasteiger partial charge in [-0.1, -0.05) is 35.9 Å². The van der Waals surface area contributed by atoms with Crippen LogP contribution in [0, 0.1) is 6.92 Å². The number of rotatable bonds is 8. The summed E-state index contributed by atoms with van der Waals surface area (Å²) in [7, 11) is 0. The molecule has 0 radical (unpaired) electrons. The standard InChI is InChI=1S/C22H26N2O3S/c1-4-23(5-2)12-13-24-19(16-10-8-15(3)9-11-16)18(21(26)22(24)27)20(25)17-7-6-14-28-17/h6-11,14,19,26H,4-5,12-13H2,1-3H3. The number of thiophene rings is 1. The first-order chi connectivity index (χ1) is 13.5. The number of nitrogens with one attached hydrogen (secondary N) is 1. The molecule has 1 N–H and O–H groups in total. The van der Waals surface area contributed by atoms with E-state index < -0.39 is 17.7 Å². The molecule has 0 spiro atoms. The van der Waals surface area contributed by atoms with E-state index in [1.54, 1.807) is 22.4 Å². The molecular weight excluding hydrogens is 372 g/mol. The predicted molar refractivity (Wildman–Crippen MR) is 108 cm³/mol. The second-order valence-corrected chi connectivity index (χ2v) is 8.02. The normalized spacial score (nSPS) is 17.1. The molecule has 3 rings (SSSR count). The van der Waals surface area contributed by atoms with E-state index >= 15 is 0 Å². The number of hydrogen-bond acceptors (Lipinski definition) is 4. The van der Waals surface area contributed by atoms with Crippen LogP contribution in [0.15, 0.2) is 53.1 Å². The summed E-state index contributed by atoms with van der Waals surface area (Å²) in [5, 5.41) is 14.6. The number of Topliss-reactive ketones (excluding diaryl/α,β-unsaturated/α-hetero) is 1. The van der Waals surface area contributed by atoms with Gasteiger partial charge < -0.3 is 14.9 Å². The van der Waals surface area contributed by atoms with Gasteiger partial charge in [-0.3, -0.25) is 9.59 Å². The number of carbonyl (C=O) groups is 2. The molecule has 28 heavy (non-hydrogen) atoms. The summed E-state index contributed by atoms with van der Waals surface area (Å²) < 4.78 is 0. The van der Waals surface area contributed by atoms with Crippen molar-refractivity contribution in [2.45, 2.75) is 26.8 Å². The number of quaternary nitrogens is 1. The number of aryl methyl sites for hydroxylation is 1. The van der Waals surface area contributed by atoms with E-state index in [9.17, 15) is 14.7 Å². The second kappa shape index (κ2) is 8.71. The fourth-order valence-corrected chi connectivity index (χ4v) is 4.30. The molecule has 1 aliphatic rings. The van der Waals surface area contributed by atoms with Crippen molar-refractivity contribution in [1.29, 1.82) is 0 Å². The zero-order chi connectivity index (χ0) is 20.3. The first-order valence-corrected chi connectivity index (χ1v) is 10.6. The SMILES string of the molecule is CC[NH+](CC)CCN1C(=O)C([O-])=C(C(=O)c2cccs2)C1c1ccc(C)cc1. The van der Waals surface area contributed by atoms with Crippen LogP contribution in [0.3, 0.4) is 0 Å². The molecule has 1 aromatic carbocycles. The molecule has 0 saturated heterocycles. The Kier molecular flexibility index (Phi) is 6.31. The topological polar surface area (TPSA) is 64.9 Å². The first-order valence-electron chi connectivity index (χ1n) is 9.68. The van der Waals surface area contributed by atoms with Crippen molar-refractivity contribution in [2.75, 3.05) is 26.2 Å². The van der Waals surface area contributed by atoms with Gasteiger partial charge in [0.25, 0.3) is 0 Å². The highest BCUT2D eigenvalue weighted by Gasteiger charge is 2.39. The Morgan fingerprint density at radius 3 is 2.43 bits per heavy atom. The smallest absolute Gasteiger partial charge is 0.240 e. The molecule has 148 valence electrons. The first kappa shape index (κ1) is 20.3. The number of ketones is 1. The second-order valence-electron chi connectivity index (χ2n) is 7.07. The molecule has 1 unspecified atom stereocenters. The molecule has 0 aliphatic carbocycles. The zero-order valence-corrected chi connectivity index (χ0v) is 17.3. The maximum atomic E-state index is 13.1. The minimum Gasteiger partial charge on any atom is -0.868 e. The summed E-state index contributed by atoms with van der Waals surface area (Å²) >= 11 is 1.29. The molecular formula is C22H26N2O3S. The maximum Gasteiger partial charge on any atom is 0.240 e. The average Bonchev–Trinajstić information content (AvgIpc) is 3.32. The van der Waals surface area contributed by atoms with Crippen LogP contribution in [0.1, 0.15) is 40.7 Å². The summed E-state index contributed by atoms with van der Waals surface area (Å²) in [5.74, 6) is -1.58. The molecule has 5 nitrogen and oxygen atoms in total. The molecule has 2 heterocycles. The largest absolute Gasteiger partial charge is 0.868 e. The summed E-state index contributed by atoms with van der Waals surface area (Å²) in [6.45, 7) is 9.28. The Morgan fingerprint density at radius 2 is 1.86 bits per heavy atom. The van der Waals surface area contributed by atoms with Gasteiger partial charge in [-0.25, -0.2) is 0 Å². The number of carbonyl (C=O) groups excluding carboxylic acids is 2. The van der Waals surface area contributed by atoms with Crippen LogP contribution >= 0.6 is 11.3 Å². The van der Waals surface area contributed by atoms with Crippen LogP contribution in [0.4, 0.5) is 0 Å². The Bertz CT molecular complexity index is 868. The van der Waals surface area contributed by atoms with Crippen LogP contribution in [-0.2, 0) is 4.79 Å². The summed E-state index contributed by atoms with van der Waals surface area (Å²) in [6.07, 6.45) is 0. The van der Waals surface area contributed by atoms with E-state index in [2.05, 4.69) is 13.8 Å². The highest BCUT2D eigenvalue weighted by molar-refractivity contribution is 7.12. The lowest BCUT2D eigenvalue weighted by molar-refractivity contribution is -0.895. The fourth-order valence-electron chi connectivity index (χ4n) is 3.62. The maximum absolute atomic E-state index is 13.1. The average molecular weight is 399 g/mol. The molecule has 1 aliphatic heterocycles. The third kappa shape index (κ3) is 3.88. The van der Waals surface area contributed by atoms with Crippen molar-refractivity contribution in [1.82, 2.24) is 4.90 Å². The van der Waals surface area contributed by atoms with E-state index in [0.29, 0.717) is 11.4 Å². The minimum absolute atomic E-state index is 0.0749. The summed E-state index contributed by atoms with van der Waals surface area (Å²) in [4.78, 5) is 29.3. The van der Waals surface area contributed by atoms with Gasteiger partial charge in [-0.2, -0.15) is 0 Å². The minimum atomic E-state index is -0.668. The van der Waals surface area contributed by atoms with E-state index in [1.165, 1.54) is 16.2 Å². The molecule has 0 saturated carbocycles. The van der Waals surface area contributed by atoms with Gasteiger partial charge in [0.2, 0.25) is 11.7 Å². The molecule has 6 heteroatoms. The van der Waals surface area contributed by atoms with Gasteiger partial charge in [0.1, 0.15) is 0 Å². The number of hydrogen-bond donors (Lipinski definition) is 1. The molecule has 1 amide bonds. The van der Waals surface area contributed by atoms with E-state index in [0.717, 1.165) is 30.8 Å². The number of nitrogens with zero attached hydrogens (tertiary/aromatic N) is 1. The van der Waals surface area contributed by atoms with Crippen molar-refractivity contribution in [2.24, 2.45) is 0 Å². The van der Waals surface area contributed by atoms with Gasteiger partial charge in [-0.15, -0.1) is 11.3 Å². The lowest BCUT2D eigenvalue weighted by atomic mass is 9.95.